The number of fused-ring (bicyclic) bond motifs is 1. The first kappa shape index (κ1) is 13.7. The fourth-order valence-corrected chi connectivity index (χ4v) is 2.85. The summed E-state index contributed by atoms with van der Waals surface area (Å²) >= 11 is 0. The van der Waals surface area contributed by atoms with E-state index in [1.54, 1.807) is 19.2 Å². The number of hydrogen-bond donors (Lipinski definition) is 0. The molecule has 2 heterocycles. The number of nitrogens with zero attached hydrogens (tertiary/aromatic N) is 1. The van der Waals surface area contributed by atoms with Gasteiger partial charge in [0.1, 0.15) is 5.75 Å². The number of carbonyl (C=O) groups excluding carboxylic acids is 1. The maximum absolute atomic E-state index is 12.6. The van der Waals surface area contributed by atoms with Crippen LogP contribution in [0.2, 0.25) is 0 Å². The van der Waals surface area contributed by atoms with E-state index in [4.69, 9.17) is 9.15 Å². The van der Waals surface area contributed by atoms with Gasteiger partial charge in [-0.05, 0) is 48.2 Å². The fraction of sp³-hybridized carbons (Fsp3) is 0.353. The van der Waals surface area contributed by atoms with Crippen LogP contribution in [-0.2, 0) is 6.42 Å². The van der Waals surface area contributed by atoms with E-state index in [0.717, 1.165) is 36.4 Å². The SMILES string of the molecule is CCC1Cc2cc(OC)ccc2N(C(=O)c2ccco2)C1. The van der Waals surface area contributed by atoms with Crippen LogP contribution < -0.4 is 9.64 Å². The molecule has 1 unspecified atom stereocenters. The topological polar surface area (TPSA) is 42.7 Å². The van der Waals surface area contributed by atoms with Gasteiger partial charge in [-0.2, -0.15) is 0 Å². The van der Waals surface area contributed by atoms with Crippen LogP contribution in [0.1, 0.15) is 29.5 Å². The Morgan fingerprint density at radius 1 is 1.43 bits per heavy atom. The van der Waals surface area contributed by atoms with Crippen molar-refractivity contribution in [3.05, 3.63) is 47.9 Å². The first-order valence-electron chi connectivity index (χ1n) is 7.25. The molecule has 3 rings (SSSR count). The molecule has 0 N–H and O–H groups in total. The Balaban J connectivity index is 1.99. The fourth-order valence-electron chi connectivity index (χ4n) is 2.85. The zero-order valence-corrected chi connectivity index (χ0v) is 12.3. The highest BCUT2D eigenvalue weighted by atomic mass is 16.5. The molecule has 0 spiro atoms. The standard InChI is InChI=1S/C17H19NO3/c1-3-12-9-13-10-14(20-2)6-7-15(13)18(11-12)17(19)16-5-4-8-21-16/h4-8,10,12H,3,9,11H2,1-2H3. The second kappa shape index (κ2) is 5.64. The summed E-state index contributed by atoms with van der Waals surface area (Å²) in [4.78, 5) is 14.5. The highest BCUT2D eigenvalue weighted by Gasteiger charge is 2.29. The normalized spacial score (nSPS) is 17.4. The van der Waals surface area contributed by atoms with Crippen molar-refractivity contribution in [2.75, 3.05) is 18.6 Å². The first-order chi connectivity index (χ1) is 10.2. The highest BCUT2D eigenvalue weighted by molar-refractivity contribution is 6.05. The van der Waals surface area contributed by atoms with Crippen LogP contribution in [0.5, 0.6) is 5.75 Å². The van der Waals surface area contributed by atoms with Gasteiger partial charge in [0.2, 0.25) is 0 Å². The van der Waals surface area contributed by atoms with E-state index in [0.29, 0.717) is 11.7 Å². The molecule has 1 aliphatic heterocycles. The molecule has 1 aromatic carbocycles. The third kappa shape index (κ3) is 2.53. The summed E-state index contributed by atoms with van der Waals surface area (Å²) in [5.74, 6) is 1.59. The van der Waals surface area contributed by atoms with Crippen LogP contribution >= 0.6 is 0 Å². The van der Waals surface area contributed by atoms with E-state index in [9.17, 15) is 4.79 Å². The number of hydrogen-bond acceptors (Lipinski definition) is 3. The summed E-state index contributed by atoms with van der Waals surface area (Å²) in [7, 11) is 1.66. The van der Waals surface area contributed by atoms with Gasteiger partial charge in [-0.1, -0.05) is 13.3 Å². The molecule has 0 saturated carbocycles. The third-order valence-corrected chi connectivity index (χ3v) is 4.08. The predicted octanol–water partition coefficient (Wildman–Crippen LogP) is 3.52. The monoisotopic (exact) mass is 285 g/mol. The number of methoxy groups -OCH3 is 1. The van der Waals surface area contributed by atoms with Gasteiger partial charge in [0.25, 0.3) is 5.91 Å². The van der Waals surface area contributed by atoms with E-state index in [1.165, 1.54) is 6.26 Å². The summed E-state index contributed by atoms with van der Waals surface area (Å²) in [5, 5.41) is 0. The molecule has 110 valence electrons. The summed E-state index contributed by atoms with van der Waals surface area (Å²) in [6.45, 7) is 2.89. The number of carbonyl (C=O) groups is 1. The van der Waals surface area contributed by atoms with Gasteiger partial charge in [0.05, 0.1) is 13.4 Å². The molecule has 4 nitrogen and oxygen atoms in total. The van der Waals surface area contributed by atoms with Crippen molar-refractivity contribution >= 4 is 11.6 Å². The molecule has 1 aromatic heterocycles. The number of anilines is 1. The van der Waals surface area contributed by atoms with Crippen LogP contribution in [0.3, 0.4) is 0 Å². The van der Waals surface area contributed by atoms with Gasteiger partial charge in [-0.25, -0.2) is 0 Å². The largest absolute Gasteiger partial charge is 0.497 e. The Morgan fingerprint density at radius 3 is 2.95 bits per heavy atom. The summed E-state index contributed by atoms with van der Waals surface area (Å²) in [5.41, 5.74) is 2.12. The van der Waals surface area contributed by atoms with E-state index < -0.39 is 0 Å². The van der Waals surface area contributed by atoms with Crippen molar-refractivity contribution in [1.82, 2.24) is 0 Å². The van der Waals surface area contributed by atoms with Crippen molar-refractivity contribution in [3.63, 3.8) is 0 Å². The zero-order chi connectivity index (χ0) is 14.8. The van der Waals surface area contributed by atoms with Gasteiger partial charge in [0.15, 0.2) is 5.76 Å². The summed E-state index contributed by atoms with van der Waals surface area (Å²) in [6, 6.07) is 9.33. The second-order valence-electron chi connectivity index (χ2n) is 5.37. The molecular formula is C17H19NO3. The number of amides is 1. The quantitative estimate of drug-likeness (QED) is 0.866. The summed E-state index contributed by atoms with van der Waals surface area (Å²) in [6.07, 6.45) is 3.55. The Labute approximate surface area is 124 Å². The second-order valence-corrected chi connectivity index (χ2v) is 5.37. The van der Waals surface area contributed by atoms with Crippen molar-refractivity contribution in [2.24, 2.45) is 5.92 Å². The molecule has 21 heavy (non-hydrogen) atoms. The van der Waals surface area contributed by atoms with Crippen molar-refractivity contribution in [2.45, 2.75) is 19.8 Å². The van der Waals surface area contributed by atoms with Crippen LogP contribution in [0, 0.1) is 5.92 Å². The van der Waals surface area contributed by atoms with Crippen LogP contribution in [0.25, 0.3) is 0 Å². The lowest BCUT2D eigenvalue weighted by Crippen LogP contribution is -2.39. The first-order valence-corrected chi connectivity index (χ1v) is 7.25. The molecule has 0 radical (unpaired) electrons. The van der Waals surface area contributed by atoms with Gasteiger partial charge in [-0.15, -0.1) is 0 Å². The minimum Gasteiger partial charge on any atom is -0.497 e. The maximum Gasteiger partial charge on any atom is 0.293 e. The Hall–Kier alpha value is -2.23. The van der Waals surface area contributed by atoms with Crippen molar-refractivity contribution < 1.29 is 13.9 Å². The molecule has 0 saturated heterocycles. The zero-order valence-electron chi connectivity index (χ0n) is 12.3. The van der Waals surface area contributed by atoms with Gasteiger partial charge in [0, 0.05) is 12.2 Å². The van der Waals surface area contributed by atoms with Crippen molar-refractivity contribution in [1.29, 1.82) is 0 Å². The Morgan fingerprint density at radius 2 is 2.29 bits per heavy atom. The minimum absolute atomic E-state index is 0.0791. The molecule has 1 atom stereocenters. The van der Waals surface area contributed by atoms with Gasteiger partial charge in [-0.3, -0.25) is 4.79 Å². The van der Waals surface area contributed by atoms with Crippen LogP contribution in [0.15, 0.2) is 41.0 Å². The lowest BCUT2D eigenvalue weighted by molar-refractivity contribution is 0.0953. The number of furan rings is 1. The van der Waals surface area contributed by atoms with Gasteiger partial charge >= 0.3 is 0 Å². The molecular weight excluding hydrogens is 266 g/mol. The highest BCUT2D eigenvalue weighted by Crippen LogP contribution is 2.34. The Bertz CT molecular complexity index is 633. The van der Waals surface area contributed by atoms with E-state index in [-0.39, 0.29) is 5.91 Å². The van der Waals surface area contributed by atoms with Crippen LogP contribution in [-0.4, -0.2) is 19.6 Å². The third-order valence-electron chi connectivity index (χ3n) is 4.08. The molecule has 0 fully saturated rings. The van der Waals surface area contributed by atoms with E-state index in [1.807, 2.05) is 23.1 Å². The average molecular weight is 285 g/mol. The summed E-state index contributed by atoms with van der Waals surface area (Å²) < 4.78 is 10.6. The van der Waals surface area contributed by atoms with E-state index >= 15 is 0 Å². The number of benzene rings is 1. The smallest absolute Gasteiger partial charge is 0.293 e. The van der Waals surface area contributed by atoms with Crippen LogP contribution in [0.4, 0.5) is 5.69 Å². The lowest BCUT2D eigenvalue weighted by atomic mass is 9.90. The number of ether oxygens (including phenoxy) is 1. The average Bonchev–Trinajstić information content (AvgIpc) is 3.06. The molecule has 1 amide bonds. The van der Waals surface area contributed by atoms with Gasteiger partial charge < -0.3 is 14.1 Å². The molecule has 4 heteroatoms. The van der Waals surface area contributed by atoms with E-state index in [2.05, 4.69) is 6.92 Å². The molecule has 0 aliphatic carbocycles. The molecule has 1 aliphatic rings. The number of rotatable bonds is 3. The maximum atomic E-state index is 12.6. The Kier molecular flexibility index (Phi) is 3.69. The lowest BCUT2D eigenvalue weighted by Gasteiger charge is -2.34. The molecule has 0 bridgehead atoms. The molecule has 2 aromatic rings. The minimum atomic E-state index is -0.0791. The van der Waals surface area contributed by atoms with Crippen molar-refractivity contribution in [3.8, 4) is 5.75 Å². The predicted molar refractivity (Wildman–Crippen MR) is 80.9 cm³/mol.